The van der Waals surface area contributed by atoms with Crippen LogP contribution in [0.3, 0.4) is 0 Å². The molecule has 0 fully saturated rings. The van der Waals surface area contributed by atoms with Crippen molar-refractivity contribution in [3.05, 3.63) is 78.9 Å². The van der Waals surface area contributed by atoms with Gasteiger partial charge in [-0.3, -0.25) is 0 Å². The molecular weight excluding hydrogens is 472 g/mol. The summed E-state index contributed by atoms with van der Waals surface area (Å²) in [5.74, 6) is 1.99. The maximum absolute atomic E-state index is 6.42. The maximum atomic E-state index is 6.42. The summed E-state index contributed by atoms with van der Waals surface area (Å²) in [4.78, 5) is 3.75. The fraction of sp³-hybridized carbons (Fsp3) is 0.471. The predicted octanol–water partition coefficient (Wildman–Crippen LogP) is 10.3. The third-order valence-corrected chi connectivity index (χ3v) is 8.93. The van der Waals surface area contributed by atoms with Gasteiger partial charge in [-0.05, 0) is 49.2 Å². The summed E-state index contributed by atoms with van der Waals surface area (Å²) in [6.45, 7) is 6.07. The van der Waals surface area contributed by atoms with Crippen LogP contribution >= 0.6 is 0 Å². The molecule has 3 aromatic carbocycles. The Morgan fingerprint density at radius 1 is 0.459 bits per heavy atom. The number of benzene rings is 3. The Balaban J connectivity index is 1.75. The molecule has 3 aromatic rings. The highest BCUT2D eigenvalue weighted by Gasteiger charge is 2.34. The Labute approximate surface area is 229 Å². The van der Waals surface area contributed by atoms with Crippen molar-refractivity contribution in [3.63, 3.8) is 0 Å². The Hall–Kier alpha value is -2.39. The van der Waals surface area contributed by atoms with Crippen LogP contribution in [0.1, 0.15) is 90.9 Å². The van der Waals surface area contributed by atoms with Crippen molar-refractivity contribution in [2.75, 3.05) is 13.2 Å². The molecule has 0 aliphatic heterocycles. The molecule has 2 nitrogen and oxygen atoms in total. The van der Waals surface area contributed by atoms with Gasteiger partial charge in [0.1, 0.15) is 10.9 Å². The van der Waals surface area contributed by atoms with E-state index in [4.69, 9.17) is 9.47 Å². The zero-order valence-electron chi connectivity index (χ0n) is 23.1. The molecular formula is C34H47O2S+. The topological polar surface area (TPSA) is 18.5 Å². The van der Waals surface area contributed by atoms with E-state index in [2.05, 4.69) is 92.7 Å². The van der Waals surface area contributed by atoms with Crippen LogP contribution in [0.2, 0.25) is 0 Å². The van der Waals surface area contributed by atoms with Crippen molar-refractivity contribution in [3.8, 4) is 11.5 Å². The highest BCUT2D eigenvalue weighted by Crippen LogP contribution is 2.40. The zero-order chi connectivity index (χ0) is 26.0. The molecule has 3 heteroatoms. The van der Waals surface area contributed by atoms with Crippen LogP contribution < -0.4 is 9.47 Å². The van der Waals surface area contributed by atoms with E-state index >= 15 is 0 Å². The number of ether oxygens (including phenoxy) is 2. The van der Waals surface area contributed by atoms with Crippen LogP contribution in [0.15, 0.2) is 93.5 Å². The van der Waals surface area contributed by atoms with Gasteiger partial charge >= 0.3 is 0 Å². The molecule has 0 heterocycles. The Bertz CT molecular complexity index is 926. The molecule has 0 unspecified atom stereocenters. The largest absolute Gasteiger partial charge is 0.488 e. The average molecular weight is 520 g/mol. The lowest BCUT2D eigenvalue weighted by molar-refractivity contribution is 0.296. The summed E-state index contributed by atoms with van der Waals surface area (Å²) in [6.07, 6.45) is 15.2. The van der Waals surface area contributed by atoms with Crippen molar-refractivity contribution in [1.29, 1.82) is 0 Å². The van der Waals surface area contributed by atoms with Gasteiger partial charge in [0.25, 0.3) is 0 Å². The second-order valence-electron chi connectivity index (χ2n) is 9.75. The number of para-hydroxylation sites is 2. The lowest BCUT2D eigenvalue weighted by Gasteiger charge is -2.15. The molecule has 0 aromatic heterocycles. The first-order valence-corrected chi connectivity index (χ1v) is 15.8. The minimum Gasteiger partial charge on any atom is -0.488 e. The van der Waals surface area contributed by atoms with Crippen LogP contribution in [0.25, 0.3) is 0 Å². The van der Waals surface area contributed by atoms with E-state index in [1.165, 1.54) is 78.9 Å². The molecule has 0 spiro atoms. The Morgan fingerprint density at radius 2 is 0.865 bits per heavy atom. The summed E-state index contributed by atoms with van der Waals surface area (Å²) in [7, 11) is -0.311. The fourth-order valence-corrected chi connectivity index (χ4v) is 6.79. The van der Waals surface area contributed by atoms with Gasteiger partial charge in [-0.25, -0.2) is 0 Å². The fourth-order valence-electron chi connectivity index (χ4n) is 4.53. The number of rotatable bonds is 19. The quantitative estimate of drug-likeness (QED) is 0.116. The van der Waals surface area contributed by atoms with E-state index in [1.54, 1.807) is 0 Å². The van der Waals surface area contributed by atoms with Crippen LogP contribution in [0.5, 0.6) is 11.5 Å². The monoisotopic (exact) mass is 519 g/mol. The summed E-state index contributed by atoms with van der Waals surface area (Å²) in [5.41, 5.74) is 0. The molecule has 0 atom stereocenters. The molecule has 0 bridgehead atoms. The summed E-state index contributed by atoms with van der Waals surface area (Å²) >= 11 is 0. The first-order chi connectivity index (χ1) is 18.3. The average Bonchev–Trinajstić information content (AvgIpc) is 2.94. The van der Waals surface area contributed by atoms with Gasteiger partial charge in [0.05, 0.1) is 13.2 Å². The van der Waals surface area contributed by atoms with E-state index in [1.807, 2.05) is 0 Å². The van der Waals surface area contributed by atoms with E-state index in [0.717, 1.165) is 37.6 Å². The normalized spacial score (nSPS) is 11.1. The third-order valence-electron chi connectivity index (χ3n) is 6.63. The lowest BCUT2D eigenvalue weighted by atomic mass is 10.1. The molecule has 200 valence electrons. The van der Waals surface area contributed by atoms with Crippen LogP contribution in [-0.2, 0) is 10.9 Å². The minimum atomic E-state index is -0.311. The van der Waals surface area contributed by atoms with Crippen molar-refractivity contribution in [1.82, 2.24) is 0 Å². The first-order valence-electron chi connectivity index (χ1n) is 14.6. The number of hydrogen-bond donors (Lipinski definition) is 0. The van der Waals surface area contributed by atoms with Gasteiger partial charge in [-0.15, -0.1) is 0 Å². The number of unbranched alkanes of at least 4 members (excludes halogenated alkanes) is 10. The Kier molecular flexibility index (Phi) is 14.2. The van der Waals surface area contributed by atoms with Gasteiger partial charge < -0.3 is 9.47 Å². The SMILES string of the molecule is CCCCCCCCOc1ccccc1[S+](c1ccccc1)c1ccccc1OCCCCCCCC. The Morgan fingerprint density at radius 3 is 1.35 bits per heavy atom. The van der Waals surface area contributed by atoms with Crippen LogP contribution in [-0.4, -0.2) is 13.2 Å². The number of hydrogen-bond acceptors (Lipinski definition) is 2. The molecule has 0 saturated heterocycles. The van der Waals surface area contributed by atoms with E-state index < -0.39 is 0 Å². The molecule has 37 heavy (non-hydrogen) atoms. The molecule has 0 aliphatic carbocycles. The van der Waals surface area contributed by atoms with Gasteiger partial charge in [-0.1, -0.05) is 121 Å². The smallest absolute Gasteiger partial charge is 0.208 e. The molecule has 0 saturated carbocycles. The second-order valence-corrected chi connectivity index (χ2v) is 11.7. The van der Waals surface area contributed by atoms with Gasteiger partial charge in [-0.2, -0.15) is 0 Å². The lowest BCUT2D eigenvalue weighted by Crippen LogP contribution is -2.10. The van der Waals surface area contributed by atoms with E-state index in [-0.39, 0.29) is 10.9 Å². The first kappa shape index (κ1) is 29.2. The molecule has 0 amide bonds. The zero-order valence-corrected chi connectivity index (χ0v) is 23.9. The highest BCUT2D eigenvalue weighted by atomic mass is 32.2. The second kappa shape index (κ2) is 18.0. The van der Waals surface area contributed by atoms with Crippen LogP contribution in [0, 0.1) is 0 Å². The standard InChI is InChI=1S/C34H47O2S/c1-3-5-7-9-11-20-28-35-31-24-16-18-26-33(31)37(30-22-14-13-15-23-30)34-27-19-17-25-32(34)36-29-21-12-10-8-6-4-2/h13-19,22-27H,3-12,20-21,28-29H2,1-2H3/q+1. The van der Waals surface area contributed by atoms with E-state index in [9.17, 15) is 0 Å². The van der Waals surface area contributed by atoms with Crippen molar-refractivity contribution < 1.29 is 9.47 Å². The third kappa shape index (κ3) is 10.1. The van der Waals surface area contributed by atoms with Crippen molar-refractivity contribution in [2.24, 2.45) is 0 Å². The molecule has 3 rings (SSSR count). The van der Waals surface area contributed by atoms with Gasteiger partial charge in [0.15, 0.2) is 16.4 Å². The summed E-state index contributed by atoms with van der Waals surface area (Å²) < 4.78 is 12.8. The summed E-state index contributed by atoms with van der Waals surface area (Å²) in [6, 6.07) is 28.0. The van der Waals surface area contributed by atoms with Crippen molar-refractivity contribution >= 4 is 10.9 Å². The highest BCUT2D eigenvalue weighted by molar-refractivity contribution is 7.97. The van der Waals surface area contributed by atoms with Crippen molar-refractivity contribution in [2.45, 2.75) is 106 Å². The predicted molar refractivity (Wildman–Crippen MR) is 159 cm³/mol. The van der Waals surface area contributed by atoms with Gasteiger partial charge in [0.2, 0.25) is 9.79 Å². The molecule has 0 radical (unpaired) electrons. The maximum Gasteiger partial charge on any atom is 0.208 e. The molecule has 0 aliphatic rings. The summed E-state index contributed by atoms with van der Waals surface area (Å²) in [5, 5.41) is 0. The van der Waals surface area contributed by atoms with E-state index in [0.29, 0.717) is 0 Å². The van der Waals surface area contributed by atoms with Gasteiger partial charge in [0, 0.05) is 0 Å². The van der Waals surface area contributed by atoms with Crippen LogP contribution in [0.4, 0.5) is 0 Å². The minimum absolute atomic E-state index is 0.311. The molecule has 0 N–H and O–H groups in total.